The minimum atomic E-state index is -0.653. The van der Waals surface area contributed by atoms with E-state index in [1.54, 1.807) is 24.3 Å². The molecule has 0 saturated heterocycles. The number of ether oxygens (including phenoxy) is 1. The van der Waals surface area contributed by atoms with Gasteiger partial charge in [-0.1, -0.05) is 37.6 Å². The van der Waals surface area contributed by atoms with E-state index in [-0.39, 0.29) is 11.8 Å². The smallest absolute Gasteiger partial charge is 0.264 e. The number of fused-ring (bicyclic) bond motifs is 3. The first-order valence-corrected chi connectivity index (χ1v) is 10.1. The molecule has 3 aromatic rings. The summed E-state index contributed by atoms with van der Waals surface area (Å²) in [5, 5.41) is 11.1. The molecule has 0 radical (unpaired) electrons. The molecule has 1 atom stereocenters. The number of H-pyrrole nitrogens is 1. The number of halogens is 1. The molecule has 0 saturated carbocycles. The van der Waals surface area contributed by atoms with Crippen LogP contribution in [0.25, 0.3) is 10.9 Å². The molecule has 29 heavy (non-hydrogen) atoms. The maximum Gasteiger partial charge on any atom is 0.264 e. The van der Waals surface area contributed by atoms with Crippen molar-refractivity contribution in [2.45, 2.75) is 32.9 Å². The molecule has 0 bridgehead atoms. The molecule has 1 aromatic heterocycles. The van der Waals surface area contributed by atoms with Crippen LogP contribution in [-0.2, 0) is 17.8 Å². The summed E-state index contributed by atoms with van der Waals surface area (Å²) in [6, 6.07) is 14.9. The topological polar surface area (TPSA) is 69.1 Å². The van der Waals surface area contributed by atoms with Crippen LogP contribution in [0.2, 0.25) is 5.02 Å². The number of carbonyl (C=O) groups excluding carboxylic acids is 1. The minimum Gasteiger partial charge on any atom is -0.479 e. The van der Waals surface area contributed by atoms with Crippen LogP contribution >= 0.6 is 11.6 Å². The lowest BCUT2D eigenvalue weighted by atomic mass is 10.0. The van der Waals surface area contributed by atoms with Crippen molar-refractivity contribution in [1.29, 1.82) is 5.26 Å². The van der Waals surface area contributed by atoms with Crippen LogP contribution in [0.1, 0.15) is 30.7 Å². The Morgan fingerprint density at radius 1 is 1.28 bits per heavy atom. The van der Waals surface area contributed by atoms with Crippen LogP contribution in [0.4, 0.5) is 0 Å². The number of benzene rings is 2. The van der Waals surface area contributed by atoms with Gasteiger partial charge in [0.25, 0.3) is 5.91 Å². The number of aromatic amines is 1. The highest BCUT2D eigenvalue weighted by Crippen LogP contribution is 2.31. The molecule has 1 unspecified atom stereocenters. The predicted molar refractivity (Wildman–Crippen MR) is 113 cm³/mol. The predicted octanol–water partition coefficient (Wildman–Crippen LogP) is 4.68. The van der Waals surface area contributed by atoms with Crippen molar-refractivity contribution in [2.24, 2.45) is 5.92 Å². The van der Waals surface area contributed by atoms with Crippen LogP contribution < -0.4 is 4.74 Å². The lowest BCUT2D eigenvalue weighted by molar-refractivity contribution is -0.141. The van der Waals surface area contributed by atoms with Crippen LogP contribution in [0.15, 0.2) is 42.5 Å². The van der Waals surface area contributed by atoms with Gasteiger partial charge in [-0.05, 0) is 36.2 Å². The highest BCUT2D eigenvalue weighted by Gasteiger charge is 2.32. The maximum atomic E-state index is 13.4. The van der Waals surface area contributed by atoms with Gasteiger partial charge in [-0.15, -0.1) is 0 Å². The van der Waals surface area contributed by atoms with Crippen LogP contribution in [0.5, 0.6) is 5.75 Å². The Labute approximate surface area is 174 Å². The van der Waals surface area contributed by atoms with E-state index in [4.69, 9.17) is 16.3 Å². The zero-order chi connectivity index (χ0) is 20.5. The monoisotopic (exact) mass is 407 g/mol. The van der Waals surface area contributed by atoms with E-state index >= 15 is 0 Å². The largest absolute Gasteiger partial charge is 0.479 e. The summed E-state index contributed by atoms with van der Waals surface area (Å²) in [5.41, 5.74) is 3.73. The Morgan fingerprint density at radius 3 is 2.83 bits per heavy atom. The Hall–Kier alpha value is -2.97. The molecular formula is C23H22ClN3O2. The first kappa shape index (κ1) is 19.4. The van der Waals surface area contributed by atoms with E-state index in [0.717, 1.165) is 28.6 Å². The molecule has 1 aliphatic heterocycles. The molecule has 0 fully saturated rings. The molecular weight excluding hydrogens is 386 g/mol. The molecule has 148 valence electrons. The number of rotatable bonds is 4. The fourth-order valence-corrected chi connectivity index (χ4v) is 4.00. The number of carbonyl (C=O) groups is 1. The molecule has 6 heteroatoms. The number of amides is 1. The quantitative estimate of drug-likeness (QED) is 0.682. The van der Waals surface area contributed by atoms with Crippen LogP contribution in [0, 0.1) is 17.2 Å². The first-order chi connectivity index (χ1) is 14.0. The molecule has 1 N–H and O–H groups in total. The fraction of sp³-hybridized carbons (Fsp3) is 0.304. The molecule has 5 nitrogen and oxygen atoms in total. The number of aromatic nitrogens is 1. The molecule has 4 rings (SSSR count). The number of nitriles is 1. The van der Waals surface area contributed by atoms with Gasteiger partial charge in [-0.25, -0.2) is 0 Å². The standard InChI is InChI=1S/C23H22ClN3O2/c1-14(2)22(29-21-6-4-3-5-15(21)12-25)23(28)27-10-9-20-18(13-27)17-11-16(24)7-8-19(17)26-20/h3-8,11,14,22,26H,9-10,13H2,1-2H3. The summed E-state index contributed by atoms with van der Waals surface area (Å²) in [6.45, 7) is 5.05. The summed E-state index contributed by atoms with van der Waals surface area (Å²) in [7, 11) is 0. The average molecular weight is 408 g/mol. The Morgan fingerprint density at radius 2 is 2.07 bits per heavy atom. The number of hydrogen-bond acceptors (Lipinski definition) is 3. The lowest BCUT2D eigenvalue weighted by Gasteiger charge is -2.32. The lowest BCUT2D eigenvalue weighted by Crippen LogP contribution is -2.46. The van der Waals surface area contributed by atoms with Gasteiger partial charge < -0.3 is 14.6 Å². The SMILES string of the molecule is CC(C)C(Oc1ccccc1C#N)C(=O)N1CCc2[nH]c3ccc(Cl)cc3c2C1. The summed E-state index contributed by atoms with van der Waals surface area (Å²) in [6.07, 6.45) is 0.104. The van der Waals surface area contributed by atoms with Crippen molar-refractivity contribution in [2.75, 3.05) is 6.54 Å². The van der Waals surface area contributed by atoms with E-state index in [2.05, 4.69) is 11.1 Å². The highest BCUT2D eigenvalue weighted by atomic mass is 35.5. The Bertz CT molecular complexity index is 1110. The van der Waals surface area contributed by atoms with Crippen molar-refractivity contribution in [3.63, 3.8) is 0 Å². The number of para-hydroxylation sites is 1. The van der Waals surface area contributed by atoms with Gasteiger partial charge in [0.15, 0.2) is 6.10 Å². The number of nitrogens with one attached hydrogen (secondary N) is 1. The summed E-state index contributed by atoms with van der Waals surface area (Å²) in [5.74, 6) is 0.349. The second-order valence-corrected chi connectivity index (χ2v) is 8.11. The minimum absolute atomic E-state index is 0.0342. The van der Waals surface area contributed by atoms with Gasteiger partial charge in [-0.2, -0.15) is 5.26 Å². The summed E-state index contributed by atoms with van der Waals surface area (Å²) in [4.78, 5) is 18.6. The van der Waals surface area contributed by atoms with Crippen LogP contribution in [-0.4, -0.2) is 28.4 Å². The summed E-state index contributed by atoms with van der Waals surface area (Å²) >= 11 is 6.19. The second kappa shape index (κ2) is 7.81. The van der Waals surface area contributed by atoms with Crippen molar-refractivity contribution < 1.29 is 9.53 Å². The third-order valence-corrected chi connectivity index (χ3v) is 5.59. The van der Waals surface area contributed by atoms with E-state index in [1.807, 2.05) is 36.9 Å². The maximum absolute atomic E-state index is 13.4. The van der Waals surface area contributed by atoms with Gasteiger partial charge >= 0.3 is 0 Å². The van der Waals surface area contributed by atoms with Crippen molar-refractivity contribution in [3.05, 3.63) is 64.3 Å². The zero-order valence-electron chi connectivity index (χ0n) is 16.4. The van der Waals surface area contributed by atoms with Gasteiger partial charge in [-0.3, -0.25) is 4.79 Å². The normalized spacial score (nSPS) is 14.5. The van der Waals surface area contributed by atoms with E-state index in [1.165, 1.54) is 0 Å². The average Bonchev–Trinajstić information content (AvgIpc) is 3.08. The van der Waals surface area contributed by atoms with Gasteiger partial charge in [0.1, 0.15) is 11.8 Å². The number of nitrogens with zero attached hydrogens (tertiary/aromatic N) is 2. The molecule has 1 aliphatic rings. The molecule has 2 heterocycles. The molecule has 0 aliphatic carbocycles. The summed E-state index contributed by atoms with van der Waals surface area (Å²) < 4.78 is 6.05. The molecule has 0 spiro atoms. The van der Waals surface area contributed by atoms with E-state index < -0.39 is 6.10 Å². The van der Waals surface area contributed by atoms with Crippen molar-refractivity contribution in [1.82, 2.24) is 9.88 Å². The molecule has 1 amide bonds. The second-order valence-electron chi connectivity index (χ2n) is 7.67. The molecule has 2 aromatic carbocycles. The van der Waals surface area contributed by atoms with Gasteiger partial charge in [0.05, 0.1) is 5.56 Å². The third kappa shape index (κ3) is 3.68. The third-order valence-electron chi connectivity index (χ3n) is 5.36. The van der Waals surface area contributed by atoms with Crippen molar-refractivity contribution >= 4 is 28.4 Å². The van der Waals surface area contributed by atoms with Crippen LogP contribution in [0.3, 0.4) is 0 Å². The first-order valence-electron chi connectivity index (χ1n) is 9.71. The number of hydrogen-bond donors (Lipinski definition) is 1. The van der Waals surface area contributed by atoms with Gasteiger partial charge in [0.2, 0.25) is 0 Å². The Kier molecular flexibility index (Phi) is 5.21. The Balaban J connectivity index is 1.60. The van der Waals surface area contributed by atoms with E-state index in [9.17, 15) is 10.1 Å². The van der Waals surface area contributed by atoms with E-state index in [0.29, 0.717) is 29.4 Å². The highest BCUT2D eigenvalue weighted by molar-refractivity contribution is 6.31. The zero-order valence-corrected chi connectivity index (χ0v) is 17.2. The van der Waals surface area contributed by atoms with Gasteiger partial charge in [0, 0.05) is 46.7 Å². The fourth-order valence-electron chi connectivity index (χ4n) is 3.82. The van der Waals surface area contributed by atoms with Crippen molar-refractivity contribution in [3.8, 4) is 11.8 Å².